The summed E-state index contributed by atoms with van der Waals surface area (Å²) in [6, 6.07) is 10.5. The van der Waals surface area contributed by atoms with Crippen molar-refractivity contribution in [3.05, 3.63) is 46.0 Å². The first-order valence-electron chi connectivity index (χ1n) is 2.98. The van der Waals surface area contributed by atoms with Gasteiger partial charge in [-0.2, -0.15) is 0 Å². The molecule has 11 heavy (non-hydrogen) atoms. The Morgan fingerprint density at radius 2 is 1.82 bits per heavy atom. The SMILES string of the molecule is O=N[O-].[Sn][CH2]c1ccccc1. The summed E-state index contributed by atoms with van der Waals surface area (Å²) < 4.78 is 1.23. The molecule has 0 heterocycles. The average Bonchev–Trinajstić information content (AvgIpc) is 2.08. The molecule has 0 saturated heterocycles. The van der Waals surface area contributed by atoms with Gasteiger partial charge in [0.2, 0.25) is 0 Å². The molecule has 0 fully saturated rings. The minimum atomic E-state index is 1.00. The monoisotopic (exact) mass is 257 g/mol. The van der Waals surface area contributed by atoms with Crippen LogP contribution in [0.3, 0.4) is 0 Å². The van der Waals surface area contributed by atoms with Gasteiger partial charge in [0.15, 0.2) is 0 Å². The van der Waals surface area contributed by atoms with Crippen molar-refractivity contribution in [2.75, 3.05) is 0 Å². The second-order valence-corrected chi connectivity index (χ2v) is 2.75. The average molecular weight is 256 g/mol. The van der Waals surface area contributed by atoms with Gasteiger partial charge in [0.25, 0.3) is 0 Å². The van der Waals surface area contributed by atoms with Crippen molar-refractivity contribution in [1.82, 2.24) is 0 Å². The molecule has 0 N–H and O–H groups in total. The molecule has 0 aliphatic heterocycles. The van der Waals surface area contributed by atoms with E-state index in [0.717, 1.165) is 5.34 Å². The number of rotatable bonds is 1. The van der Waals surface area contributed by atoms with Gasteiger partial charge in [-0.1, -0.05) is 0 Å². The Labute approximate surface area is 78.5 Å². The van der Waals surface area contributed by atoms with E-state index in [9.17, 15) is 0 Å². The Morgan fingerprint density at radius 1 is 1.36 bits per heavy atom. The Kier molecular flexibility index (Phi) is 7.13. The van der Waals surface area contributed by atoms with E-state index in [1.165, 1.54) is 10.0 Å². The maximum atomic E-state index is 8.00. The van der Waals surface area contributed by atoms with Crippen LogP contribution in [0.4, 0.5) is 0 Å². The van der Waals surface area contributed by atoms with Gasteiger partial charge in [0.1, 0.15) is 0 Å². The van der Waals surface area contributed by atoms with Crippen molar-refractivity contribution in [3.8, 4) is 0 Å². The summed E-state index contributed by atoms with van der Waals surface area (Å²) >= 11 is 1.59. The molecule has 1 rings (SSSR count). The van der Waals surface area contributed by atoms with Crippen LogP contribution in [0.25, 0.3) is 0 Å². The first kappa shape index (κ1) is 10.4. The van der Waals surface area contributed by atoms with Crippen LogP contribution in [0.2, 0.25) is 0 Å². The zero-order valence-electron chi connectivity index (χ0n) is 5.86. The summed E-state index contributed by atoms with van der Waals surface area (Å²) in [5.74, 6) is 0. The van der Waals surface area contributed by atoms with Gasteiger partial charge >= 0.3 is 62.9 Å². The molecular formula is C7H7NO2Sn-. The Balaban J connectivity index is 0.000000292. The van der Waals surface area contributed by atoms with Crippen LogP contribution in [0.1, 0.15) is 5.56 Å². The van der Waals surface area contributed by atoms with E-state index in [4.69, 9.17) is 10.1 Å². The molecule has 4 heteroatoms. The van der Waals surface area contributed by atoms with Crippen LogP contribution in [0, 0.1) is 10.1 Å². The van der Waals surface area contributed by atoms with Gasteiger partial charge in [0.05, 0.1) is 0 Å². The van der Waals surface area contributed by atoms with Crippen molar-refractivity contribution >= 4 is 22.5 Å². The Morgan fingerprint density at radius 3 is 2.09 bits per heavy atom. The van der Waals surface area contributed by atoms with E-state index in [-0.39, 0.29) is 0 Å². The Bertz CT molecular complexity index is 191. The maximum absolute atomic E-state index is 8.00. The minimum absolute atomic E-state index is 1.00. The summed E-state index contributed by atoms with van der Waals surface area (Å²) in [6.45, 7) is 0. The predicted octanol–water partition coefficient (Wildman–Crippen LogP) is 1.61. The van der Waals surface area contributed by atoms with E-state index in [1.54, 1.807) is 22.5 Å². The van der Waals surface area contributed by atoms with Gasteiger partial charge in [-0.15, -0.1) is 5.34 Å². The van der Waals surface area contributed by atoms with Crippen LogP contribution in [-0.2, 0) is 4.44 Å². The van der Waals surface area contributed by atoms with Crippen LogP contribution in [-0.4, -0.2) is 22.5 Å². The molecular weight excluding hydrogens is 249 g/mol. The first-order valence-corrected chi connectivity index (χ1v) is 5.00. The fraction of sp³-hybridized carbons (Fsp3) is 0.143. The molecule has 0 aliphatic rings. The molecule has 0 unspecified atom stereocenters. The molecule has 0 aliphatic carbocycles. The van der Waals surface area contributed by atoms with E-state index in [1.807, 2.05) is 0 Å². The quantitative estimate of drug-likeness (QED) is 0.435. The zero-order valence-corrected chi connectivity index (χ0v) is 8.71. The van der Waals surface area contributed by atoms with Crippen molar-refractivity contribution in [2.24, 2.45) is 5.34 Å². The van der Waals surface area contributed by atoms with E-state index >= 15 is 0 Å². The number of hydrogen-bond donors (Lipinski definition) is 0. The van der Waals surface area contributed by atoms with Crippen LogP contribution in [0.15, 0.2) is 35.7 Å². The predicted molar refractivity (Wildman–Crippen MR) is 45.1 cm³/mol. The van der Waals surface area contributed by atoms with Crippen molar-refractivity contribution in [1.29, 1.82) is 0 Å². The third-order valence-corrected chi connectivity index (χ3v) is 2.21. The molecule has 0 aromatic heterocycles. The van der Waals surface area contributed by atoms with Gasteiger partial charge < -0.3 is 10.1 Å². The summed E-state index contributed by atoms with van der Waals surface area (Å²) in [6.07, 6.45) is 0. The summed E-state index contributed by atoms with van der Waals surface area (Å²) in [4.78, 5) is 8.00. The van der Waals surface area contributed by atoms with Crippen molar-refractivity contribution in [2.45, 2.75) is 4.44 Å². The van der Waals surface area contributed by atoms with Crippen molar-refractivity contribution in [3.63, 3.8) is 0 Å². The molecule has 0 saturated carbocycles. The normalized spacial score (nSPS) is 7.73. The molecule has 1 aromatic carbocycles. The summed E-state index contributed by atoms with van der Waals surface area (Å²) in [5.41, 5.74) is 1.45. The van der Waals surface area contributed by atoms with E-state index < -0.39 is 0 Å². The van der Waals surface area contributed by atoms with Crippen LogP contribution >= 0.6 is 0 Å². The second kappa shape index (κ2) is 7.52. The molecule has 3 radical (unpaired) electrons. The molecule has 57 valence electrons. The third kappa shape index (κ3) is 5.84. The van der Waals surface area contributed by atoms with Gasteiger partial charge in [-0.3, -0.25) is 0 Å². The first-order chi connectivity index (χ1) is 5.35. The van der Waals surface area contributed by atoms with Gasteiger partial charge in [-0.05, 0) is 0 Å². The van der Waals surface area contributed by atoms with E-state index in [0.29, 0.717) is 0 Å². The van der Waals surface area contributed by atoms with Crippen LogP contribution < -0.4 is 0 Å². The topological polar surface area (TPSA) is 52.5 Å². The van der Waals surface area contributed by atoms with Gasteiger partial charge in [0, 0.05) is 0 Å². The summed E-state index contributed by atoms with van der Waals surface area (Å²) in [5, 5.41) is 9.00. The Hall–Kier alpha value is -0.581. The zero-order chi connectivity index (χ0) is 8.53. The molecule has 0 atom stereocenters. The molecule has 0 spiro atoms. The molecule has 0 amide bonds. The fourth-order valence-corrected chi connectivity index (χ4v) is 1.27. The standard InChI is InChI=1S/C7H7.HNO2.Sn/c1-7-5-3-2-4-6-7;2-1-3;/h2-6H,1H2;(H,2,3);/p-1. The third-order valence-electron chi connectivity index (χ3n) is 1.05. The molecule has 0 bridgehead atoms. The fourth-order valence-electron chi connectivity index (χ4n) is 0.596. The second-order valence-electron chi connectivity index (χ2n) is 1.74. The molecule has 1 aromatic rings. The summed E-state index contributed by atoms with van der Waals surface area (Å²) in [7, 11) is 0. The van der Waals surface area contributed by atoms with Crippen LogP contribution in [0.5, 0.6) is 0 Å². The molecule has 3 nitrogen and oxygen atoms in total. The van der Waals surface area contributed by atoms with Gasteiger partial charge in [-0.25, -0.2) is 0 Å². The number of nitrogens with zero attached hydrogens (tertiary/aromatic N) is 1. The van der Waals surface area contributed by atoms with Crippen molar-refractivity contribution < 1.29 is 0 Å². The number of benzene rings is 1. The van der Waals surface area contributed by atoms with E-state index in [2.05, 4.69) is 30.3 Å². The number of hydrogen-bond acceptors (Lipinski definition) is 3.